The van der Waals surface area contributed by atoms with Gasteiger partial charge in [0, 0.05) is 6.42 Å². The summed E-state index contributed by atoms with van der Waals surface area (Å²) < 4.78 is 0. The molecule has 0 radical (unpaired) electrons. The first-order chi connectivity index (χ1) is 11.2. The van der Waals surface area contributed by atoms with Gasteiger partial charge in [0.1, 0.15) is 0 Å². The van der Waals surface area contributed by atoms with Crippen LogP contribution in [0.2, 0.25) is 0 Å². The predicted molar refractivity (Wildman–Crippen MR) is 101 cm³/mol. The molecule has 0 saturated carbocycles. The van der Waals surface area contributed by atoms with Crippen molar-refractivity contribution in [1.82, 2.24) is 0 Å². The van der Waals surface area contributed by atoms with E-state index < -0.39 is 11.1 Å². The van der Waals surface area contributed by atoms with Gasteiger partial charge in [-0.1, -0.05) is 96.8 Å². The van der Waals surface area contributed by atoms with E-state index >= 15 is 0 Å². The quantitative estimate of drug-likeness (QED) is 0.140. The smallest absolute Gasteiger partial charge is 1.00 e. The molecule has 0 amide bonds. The summed E-state index contributed by atoms with van der Waals surface area (Å²) in [6.45, 7) is 2.25. The number of hydrogen-bond donors (Lipinski definition) is 0. The summed E-state index contributed by atoms with van der Waals surface area (Å²) in [6, 6.07) is 0. The number of carbonyl (C=O) groups is 1. The van der Waals surface area contributed by atoms with Crippen molar-refractivity contribution < 1.29 is 17.6 Å². The monoisotopic (exact) mass is 371 g/mol. The molecule has 140 valence electrons. The fourth-order valence-electron chi connectivity index (χ4n) is 2.77. The number of carbonyl (C=O) groups excluding carboxylic acids is 1. The maximum absolute atomic E-state index is 10.9. The zero-order chi connectivity index (χ0) is 17.2. The third-order valence-corrected chi connectivity index (χ3v) is 4.16. The SMILES string of the molecule is CCCCCCCCCCCCCCCCCC(=O)O[N+](=O)[O-].[Ca+2].[H-].[H-]. The predicted octanol–water partition coefficient (Wildman–Crippen LogP) is 5.83. The molecule has 0 heterocycles. The van der Waals surface area contributed by atoms with Crippen LogP contribution >= 0.6 is 0 Å². The summed E-state index contributed by atoms with van der Waals surface area (Å²) in [4.78, 5) is 24.7. The molecule has 0 aliphatic heterocycles. The second kappa shape index (κ2) is 21.2. The molecule has 0 atom stereocenters. The Hall–Kier alpha value is 0.130. The number of hydrogen-bond acceptors (Lipinski definition) is 4. The second-order valence-corrected chi connectivity index (χ2v) is 6.39. The molecule has 5 nitrogen and oxygen atoms in total. The Morgan fingerprint density at radius 3 is 1.46 bits per heavy atom. The first-order valence-electron chi connectivity index (χ1n) is 9.52. The van der Waals surface area contributed by atoms with E-state index in [2.05, 4.69) is 11.8 Å². The molecule has 0 aromatic rings. The largest absolute Gasteiger partial charge is 2.00 e. The van der Waals surface area contributed by atoms with Crippen LogP contribution in [-0.4, -0.2) is 48.8 Å². The maximum atomic E-state index is 10.9. The maximum Gasteiger partial charge on any atom is 2.00 e. The minimum atomic E-state index is -1.03. The number of rotatable bonds is 17. The van der Waals surface area contributed by atoms with Crippen LogP contribution < -0.4 is 0 Å². The van der Waals surface area contributed by atoms with Gasteiger partial charge >= 0.3 is 48.8 Å². The van der Waals surface area contributed by atoms with E-state index in [1.54, 1.807) is 0 Å². The molecule has 24 heavy (non-hydrogen) atoms. The van der Waals surface area contributed by atoms with Gasteiger partial charge in [0.2, 0.25) is 0 Å². The molecular formula is C18H37CaNO4. The second-order valence-electron chi connectivity index (χ2n) is 6.39. The van der Waals surface area contributed by atoms with Crippen LogP contribution in [0.5, 0.6) is 0 Å². The number of nitrogens with zero attached hydrogens (tertiary/aromatic N) is 1. The van der Waals surface area contributed by atoms with Crippen LogP contribution in [0.4, 0.5) is 0 Å². The Kier molecular flexibility index (Phi) is 23.3. The molecule has 0 bridgehead atoms. The normalized spacial score (nSPS) is 10.2. The van der Waals surface area contributed by atoms with Crippen molar-refractivity contribution in [3.63, 3.8) is 0 Å². The van der Waals surface area contributed by atoms with Gasteiger partial charge in [0.25, 0.3) is 0 Å². The van der Waals surface area contributed by atoms with Gasteiger partial charge in [-0.2, -0.15) is 0 Å². The topological polar surface area (TPSA) is 69.4 Å². The van der Waals surface area contributed by atoms with Crippen LogP contribution in [0.3, 0.4) is 0 Å². The molecule has 0 fully saturated rings. The molecule has 0 rings (SSSR count). The van der Waals surface area contributed by atoms with E-state index in [1.165, 1.54) is 77.0 Å². The Balaban J connectivity index is -0.000000807. The summed E-state index contributed by atoms with van der Waals surface area (Å²) in [6.07, 6.45) is 19.0. The van der Waals surface area contributed by atoms with E-state index in [9.17, 15) is 14.9 Å². The van der Waals surface area contributed by atoms with E-state index in [0.717, 1.165) is 12.8 Å². The summed E-state index contributed by atoms with van der Waals surface area (Å²) >= 11 is 0. The zero-order valence-corrected chi connectivity index (χ0v) is 17.8. The van der Waals surface area contributed by atoms with Crippen molar-refractivity contribution in [2.24, 2.45) is 0 Å². The average Bonchev–Trinajstić information content (AvgIpc) is 2.50. The van der Waals surface area contributed by atoms with Crippen molar-refractivity contribution in [3.05, 3.63) is 10.1 Å². The minimum Gasteiger partial charge on any atom is -1.00 e. The van der Waals surface area contributed by atoms with Crippen LogP contribution in [0.15, 0.2) is 0 Å². The van der Waals surface area contributed by atoms with Crippen LogP contribution in [0.25, 0.3) is 0 Å². The first-order valence-corrected chi connectivity index (χ1v) is 9.52. The fourth-order valence-corrected chi connectivity index (χ4v) is 2.77. The molecule has 0 saturated heterocycles. The summed E-state index contributed by atoms with van der Waals surface area (Å²) in [7, 11) is 0. The molecule has 0 unspecified atom stereocenters. The summed E-state index contributed by atoms with van der Waals surface area (Å²) in [5, 5.41) is 8.90. The molecule has 6 heteroatoms. The van der Waals surface area contributed by atoms with Gasteiger partial charge in [0.15, 0.2) is 0 Å². The van der Waals surface area contributed by atoms with E-state index in [-0.39, 0.29) is 47.0 Å². The van der Waals surface area contributed by atoms with Crippen LogP contribution in [0, 0.1) is 10.1 Å². The van der Waals surface area contributed by atoms with Crippen molar-refractivity contribution in [1.29, 1.82) is 0 Å². The van der Waals surface area contributed by atoms with Gasteiger partial charge in [-0.15, -0.1) is 10.1 Å². The Morgan fingerprint density at radius 2 is 1.12 bits per heavy atom. The molecule has 0 aromatic carbocycles. The molecule has 0 spiro atoms. The minimum absolute atomic E-state index is 0. The molecule has 0 aliphatic carbocycles. The Morgan fingerprint density at radius 1 is 0.792 bits per heavy atom. The fraction of sp³-hybridized carbons (Fsp3) is 0.944. The van der Waals surface area contributed by atoms with Gasteiger partial charge in [-0.3, -0.25) is 4.79 Å². The average molecular weight is 372 g/mol. The van der Waals surface area contributed by atoms with Crippen LogP contribution in [-0.2, 0) is 9.63 Å². The van der Waals surface area contributed by atoms with Crippen molar-refractivity contribution >= 4 is 43.7 Å². The molecule has 0 aliphatic rings. The summed E-state index contributed by atoms with van der Waals surface area (Å²) in [5.74, 6) is -0.732. The standard InChI is InChI=1S/C18H35NO4.Ca.2H/c1-2-3-4-5-6-7-8-9-10-11-12-13-14-15-16-17-18(20)23-19(21)22;;;/h2-17H2,1H3;;;/q;+2;2*-1. The van der Waals surface area contributed by atoms with Gasteiger partial charge in [0.05, 0.1) is 0 Å². The molecule has 0 aromatic heterocycles. The van der Waals surface area contributed by atoms with Crippen molar-refractivity contribution in [3.8, 4) is 0 Å². The molecular weight excluding hydrogens is 334 g/mol. The van der Waals surface area contributed by atoms with Crippen molar-refractivity contribution in [2.75, 3.05) is 0 Å². The van der Waals surface area contributed by atoms with E-state index in [1.807, 2.05) is 0 Å². The Bertz CT molecular complexity index is 311. The van der Waals surface area contributed by atoms with Crippen LogP contribution in [0.1, 0.15) is 113 Å². The molecule has 0 N–H and O–H groups in total. The van der Waals surface area contributed by atoms with E-state index in [4.69, 9.17) is 0 Å². The number of unbranched alkanes of at least 4 members (excludes halogenated alkanes) is 14. The first kappa shape index (κ1) is 26.4. The Labute approximate surface area is 180 Å². The zero-order valence-electron chi connectivity index (χ0n) is 17.6. The van der Waals surface area contributed by atoms with Gasteiger partial charge in [-0.25, -0.2) is 4.84 Å². The van der Waals surface area contributed by atoms with Gasteiger partial charge in [-0.05, 0) is 6.42 Å². The third-order valence-electron chi connectivity index (χ3n) is 4.16. The third kappa shape index (κ3) is 22.1. The van der Waals surface area contributed by atoms with Gasteiger partial charge < -0.3 is 2.85 Å². The summed E-state index contributed by atoms with van der Waals surface area (Å²) in [5.41, 5.74) is 0. The van der Waals surface area contributed by atoms with E-state index in [0.29, 0.717) is 6.42 Å². The van der Waals surface area contributed by atoms with Crippen molar-refractivity contribution in [2.45, 2.75) is 110 Å².